The second kappa shape index (κ2) is 17.2. The maximum absolute atomic E-state index is 12.6. The highest BCUT2D eigenvalue weighted by Gasteiger charge is 2.37. The lowest BCUT2D eigenvalue weighted by molar-refractivity contribution is 0.0405. The molecule has 0 aliphatic carbocycles. The van der Waals surface area contributed by atoms with Crippen LogP contribution in [0.15, 0.2) is 29.0 Å². The van der Waals surface area contributed by atoms with Crippen LogP contribution >= 0.6 is 15.9 Å². The molecule has 4 amide bonds. The SMILES string of the molecule is COc1cc(B(O)O)cnc1N(C(=O)OC(C)(C)C)C(=O)OC(C)(C)C.COc1cc(Br)cnc1N(C(=O)OC(C)(C)C)C(=O)OC(C)(C)C. The Kier molecular flexibility index (Phi) is 15.1. The van der Waals surface area contributed by atoms with E-state index in [-0.39, 0.29) is 28.6 Å². The number of imide groups is 2. The summed E-state index contributed by atoms with van der Waals surface area (Å²) in [5.41, 5.74) is -3.30. The van der Waals surface area contributed by atoms with E-state index in [1.807, 2.05) is 0 Å². The lowest BCUT2D eigenvalue weighted by Gasteiger charge is -2.28. The molecule has 50 heavy (non-hydrogen) atoms. The van der Waals surface area contributed by atoms with Crippen LogP contribution in [0, 0.1) is 0 Å². The molecule has 2 N–H and O–H groups in total. The second-order valence-corrected chi connectivity index (χ2v) is 15.4. The van der Waals surface area contributed by atoms with Gasteiger partial charge in [0, 0.05) is 22.3 Å². The van der Waals surface area contributed by atoms with Crippen molar-refractivity contribution in [1.82, 2.24) is 9.97 Å². The van der Waals surface area contributed by atoms with Crippen molar-refractivity contribution in [1.29, 1.82) is 0 Å². The van der Waals surface area contributed by atoms with Crippen LogP contribution in [0.2, 0.25) is 0 Å². The number of carbonyl (C=O) groups excluding carboxylic acids is 4. The third-order valence-electron chi connectivity index (χ3n) is 5.12. The molecule has 0 saturated carbocycles. The molecule has 0 bridgehead atoms. The molecule has 16 nitrogen and oxygen atoms in total. The first kappa shape index (κ1) is 43.9. The van der Waals surface area contributed by atoms with E-state index in [1.54, 1.807) is 89.2 Å². The summed E-state index contributed by atoms with van der Waals surface area (Å²) in [6.07, 6.45) is -1.26. The molecular weight excluding hydrogens is 723 g/mol. The number of aromatic nitrogens is 2. The molecule has 0 fully saturated rings. The highest BCUT2D eigenvalue weighted by Crippen LogP contribution is 2.31. The van der Waals surface area contributed by atoms with Crippen molar-refractivity contribution in [2.75, 3.05) is 24.0 Å². The molecule has 0 saturated heterocycles. The van der Waals surface area contributed by atoms with Gasteiger partial charge < -0.3 is 38.5 Å². The second-order valence-electron chi connectivity index (χ2n) is 14.4. The van der Waals surface area contributed by atoms with E-state index in [0.717, 1.165) is 11.1 Å². The third-order valence-corrected chi connectivity index (χ3v) is 5.55. The van der Waals surface area contributed by atoms with E-state index in [0.29, 0.717) is 9.37 Å². The van der Waals surface area contributed by atoms with Crippen LogP contribution in [0.3, 0.4) is 0 Å². The maximum Gasteiger partial charge on any atom is 0.490 e. The zero-order valence-corrected chi connectivity index (χ0v) is 32.6. The van der Waals surface area contributed by atoms with Crippen LogP contribution < -0.4 is 24.7 Å². The van der Waals surface area contributed by atoms with Gasteiger partial charge in [0.25, 0.3) is 0 Å². The quantitative estimate of drug-likeness (QED) is 0.266. The summed E-state index contributed by atoms with van der Waals surface area (Å²) < 4.78 is 32.1. The van der Waals surface area contributed by atoms with Crippen LogP contribution in [0.1, 0.15) is 83.1 Å². The van der Waals surface area contributed by atoms with Crippen molar-refractivity contribution in [3.63, 3.8) is 0 Å². The minimum atomic E-state index is -1.79. The number of ether oxygens (including phenoxy) is 6. The van der Waals surface area contributed by atoms with Crippen molar-refractivity contribution in [3.05, 3.63) is 29.0 Å². The number of rotatable bonds is 5. The molecule has 2 aromatic heterocycles. The number of pyridine rings is 2. The lowest BCUT2D eigenvalue weighted by Crippen LogP contribution is -2.44. The smallest absolute Gasteiger partial charge is 0.490 e. The van der Waals surface area contributed by atoms with Gasteiger partial charge in [0.2, 0.25) is 0 Å². The highest BCUT2D eigenvalue weighted by molar-refractivity contribution is 9.10. The molecule has 0 aliphatic rings. The summed E-state index contributed by atoms with van der Waals surface area (Å²) in [6.45, 7) is 20.1. The highest BCUT2D eigenvalue weighted by atomic mass is 79.9. The molecule has 0 aromatic carbocycles. The molecule has 2 aromatic rings. The Morgan fingerprint density at radius 2 is 0.900 bits per heavy atom. The first-order chi connectivity index (χ1) is 22.6. The lowest BCUT2D eigenvalue weighted by atomic mass is 9.81. The van der Waals surface area contributed by atoms with Crippen molar-refractivity contribution in [3.8, 4) is 11.5 Å². The zero-order chi connectivity index (χ0) is 39.0. The Hall–Kier alpha value is -4.16. The summed E-state index contributed by atoms with van der Waals surface area (Å²) >= 11 is 3.26. The average Bonchev–Trinajstić information content (AvgIpc) is 2.90. The predicted molar refractivity (Wildman–Crippen MR) is 189 cm³/mol. The molecule has 0 unspecified atom stereocenters. The number of anilines is 2. The van der Waals surface area contributed by atoms with Gasteiger partial charge in [0.15, 0.2) is 23.1 Å². The maximum atomic E-state index is 12.6. The summed E-state index contributed by atoms with van der Waals surface area (Å²) in [5, 5.41) is 18.5. The summed E-state index contributed by atoms with van der Waals surface area (Å²) in [5.74, 6) is -0.0157. The Bertz CT molecular complexity index is 1460. The largest absolute Gasteiger partial charge is 0.493 e. The number of hydrogen-bond donors (Lipinski definition) is 2. The number of hydrogen-bond acceptors (Lipinski definition) is 14. The monoisotopic (exact) mass is 770 g/mol. The van der Waals surface area contributed by atoms with Gasteiger partial charge in [0.1, 0.15) is 22.4 Å². The third kappa shape index (κ3) is 14.8. The van der Waals surface area contributed by atoms with Crippen molar-refractivity contribution >= 4 is 64.5 Å². The minimum Gasteiger partial charge on any atom is -0.493 e. The van der Waals surface area contributed by atoms with Crippen LogP contribution in [0.25, 0.3) is 0 Å². The summed E-state index contributed by atoms with van der Waals surface area (Å²) in [4.78, 5) is 59.6. The van der Waals surface area contributed by atoms with Gasteiger partial charge in [-0.1, -0.05) is 0 Å². The summed E-state index contributed by atoms with van der Waals surface area (Å²) in [6, 6.07) is 2.83. The van der Waals surface area contributed by atoms with E-state index in [9.17, 15) is 29.2 Å². The molecular formula is C32H48BBrN4O12. The average molecular weight is 771 g/mol. The van der Waals surface area contributed by atoms with Gasteiger partial charge in [0.05, 0.1) is 14.2 Å². The van der Waals surface area contributed by atoms with Crippen molar-refractivity contribution in [2.45, 2.75) is 105 Å². The number of carbonyl (C=O) groups is 4. The van der Waals surface area contributed by atoms with E-state index in [4.69, 9.17) is 28.4 Å². The Labute approximate surface area is 301 Å². The molecule has 0 atom stereocenters. The molecule has 0 spiro atoms. The fourth-order valence-corrected chi connectivity index (χ4v) is 3.68. The van der Waals surface area contributed by atoms with E-state index in [2.05, 4.69) is 25.9 Å². The van der Waals surface area contributed by atoms with Gasteiger partial charge in [-0.05, 0) is 111 Å². The Morgan fingerprint density at radius 1 is 0.600 bits per heavy atom. The van der Waals surface area contributed by atoms with E-state index < -0.39 is 53.9 Å². The fourth-order valence-electron chi connectivity index (χ4n) is 3.37. The molecule has 2 heterocycles. The molecule has 0 aliphatic heterocycles. The van der Waals surface area contributed by atoms with Gasteiger partial charge in [-0.25, -0.2) is 29.1 Å². The van der Waals surface area contributed by atoms with Crippen molar-refractivity contribution in [2.24, 2.45) is 0 Å². The zero-order valence-electron chi connectivity index (χ0n) is 31.0. The Balaban J connectivity index is 0.000000502. The molecule has 2 rings (SSSR count). The van der Waals surface area contributed by atoms with Crippen LogP contribution in [0.4, 0.5) is 30.8 Å². The van der Waals surface area contributed by atoms with Gasteiger partial charge in [-0.2, -0.15) is 9.80 Å². The minimum absolute atomic E-state index is 0.0100. The van der Waals surface area contributed by atoms with E-state index >= 15 is 0 Å². The summed E-state index contributed by atoms with van der Waals surface area (Å²) in [7, 11) is 0.910. The van der Waals surface area contributed by atoms with Crippen LogP contribution in [0.5, 0.6) is 11.5 Å². The fraction of sp³-hybridized carbons (Fsp3) is 0.562. The topological polar surface area (TPSA) is 196 Å². The number of halogens is 1. The van der Waals surface area contributed by atoms with Crippen LogP contribution in [-0.4, -0.2) is 88.1 Å². The standard InChI is InChI=1S/C16H25BN2O7.C16H23BrN2O5/c1-15(2,3)25-13(20)19(14(21)26-16(4,5)6)12-11(24-7)8-10(9-18-12)17(22)23;1-15(2,3)23-13(20)19(14(21)24-16(4,5)6)12-11(22-7)8-10(17)9-18-12/h8-9,22-23H,1-7H3;8-9H,1-7H3. The van der Waals surface area contributed by atoms with Gasteiger partial charge in [-0.3, -0.25) is 0 Å². The molecule has 0 radical (unpaired) electrons. The first-order valence-corrected chi connectivity index (χ1v) is 16.0. The molecule has 278 valence electrons. The number of nitrogens with zero attached hydrogens (tertiary/aromatic N) is 4. The van der Waals surface area contributed by atoms with E-state index in [1.165, 1.54) is 26.5 Å². The first-order valence-electron chi connectivity index (χ1n) is 15.2. The molecule has 18 heteroatoms. The van der Waals surface area contributed by atoms with Crippen molar-refractivity contribution < 1.29 is 57.6 Å². The van der Waals surface area contributed by atoms with Crippen LogP contribution in [-0.2, 0) is 18.9 Å². The van der Waals surface area contributed by atoms with Gasteiger partial charge in [-0.15, -0.1) is 0 Å². The Morgan fingerprint density at radius 3 is 1.18 bits per heavy atom. The number of amides is 4. The number of methoxy groups -OCH3 is 2. The normalized spacial score (nSPS) is 11.6. The predicted octanol–water partition coefficient (Wildman–Crippen LogP) is 5.98. The van der Waals surface area contributed by atoms with Gasteiger partial charge >= 0.3 is 31.5 Å².